The van der Waals surface area contributed by atoms with Gasteiger partial charge in [-0.15, -0.1) is 22.7 Å². The van der Waals surface area contributed by atoms with Crippen LogP contribution in [0.4, 0.5) is 34.1 Å². The van der Waals surface area contributed by atoms with E-state index in [1.54, 1.807) is 0 Å². The van der Waals surface area contributed by atoms with Crippen molar-refractivity contribution in [2.75, 3.05) is 9.80 Å². The first-order valence-electron chi connectivity index (χ1n) is 31.4. The second-order valence-electron chi connectivity index (χ2n) is 23.5. The molecule has 0 saturated carbocycles. The fourth-order valence-electron chi connectivity index (χ4n) is 13.6. The highest BCUT2D eigenvalue weighted by atomic mass is 32.1. The maximum atomic E-state index is 2.42. The van der Waals surface area contributed by atoms with Gasteiger partial charge in [0, 0.05) is 73.9 Å². The number of anilines is 6. The normalized spacial score (nSPS) is 11.5. The van der Waals surface area contributed by atoms with Gasteiger partial charge in [0.25, 0.3) is 0 Å². The summed E-state index contributed by atoms with van der Waals surface area (Å²) in [5.74, 6) is 0. The number of thiophene rings is 2. The van der Waals surface area contributed by atoms with Crippen LogP contribution in [-0.2, 0) is 0 Å². The predicted molar refractivity (Wildman–Crippen MR) is 400 cm³/mol. The predicted octanol–water partition coefficient (Wildman–Crippen LogP) is 26.3. The monoisotopic (exact) mass is 1210 g/mol. The molecule has 432 valence electrons. The van der Waals surface area contributed by atoms with Gasteiger partial charge in [0.15, 0.2) is 0 Å². The molecule has 4 heteroatoms. The van der Waals surface area contributed by atoms with Gasteiger partial charge >= 0.3 is 0 Å². The molecule has 0 bridgehead atoms. The molecule has 18 aromatic rings. The van der Waals surface area contributed by atoms with E-state index in [0.29, 0.717) is 0 Å². The van der Waals surface area contributed by atoms with Gasteiger partial charge in [0.1, 0.15) is 0 Å². The van der Waals surface area contributed by atoms with Gasteiger partial charge in [-0.05, 0) is 156 Å². The Labute approximate surface area is 542 Å². The van der Waals surface area contributed by atoms with Crippen molar-refractivity contribution in [2.24, 2.45) is 0 Å². The summed E-state index contributed by atoms with van der Waals surface area (Å²) >= 11 is 3.77. The maximum Gasteiger partial charge on any atom is 0.0554 e. The molecule has 0 unspecified atom stereocenters. The van der Waals surface area contributed by atoms with Gasteiger partial charge < -0.3 is 9.80 Å². The van der Waals surface area contributed by atoms with Crippen LogP contribution < -0.4 is 9.80 Å². The lowest BCUT2D eigenvalue weighted by Crippen LogP contribution is -2.10. The topological polar surface area (TPSA) is 6.48 Å². The van der Waals surface area contributed by atoms with Crippen LogP contribution in [0.3, 0.4) is 0 Å². The molecule has 0 N–H and O–H groups in total. The summed E-state index contributed by atoms with van der Waals surface area (Å²) in [5, 5.41) is 15.4. The number of nitrogens with zero attached hydrogens (tertiary/aromatic N) is 2. The summed E-state index contributed by atoms with van der Waals surface area (Å²) in [4.78, 5) is 4.85. The van der Waals surface area contributed by atoms with Crippen LogP contribution in [0.2, 0.25) is 0 Å². The van der Waals surface area contributed by atoms with E-state index in [1.165, 1.54) is 139 Å². The Morgan fingerprint density at radius 3 is 1.04 bits per heavy atom. The molecule has 2 nitrogen and oxygen atoms in total. The fraction of sp³-hybridized carbons (Fsp3) is 0. The maximum absolute atomic E-state index is 2.42. The number of benzene rings is 16. The van der Waals surface area contributed by atoms with Crippen LogP contribution in [0.25, 0.3) is 128 Å². The molecule has 92 heavy (non-hydrogen) atoms. The number of rotatable bonds is 10. The van der Waals surface area contributed by atoms with Gasteiger partial charge in [-0.1, -0.05) is 273 Å². The third-order valence-corrected chi connectivity index (χ3v) is 20.5. The molecule has 2 heterocycles. The Bertz CT molecular complexity index is 5720. The molecular weight excluding hydrogens is 1150 g/mol. The minimum atomic E-state index is 1.13. The molecule has 0 amide bonds. The van der Waals surface area contributed by atoms with Crippen molar-refractivity contribution < 1.29 is 0 Å². The zero-order valence-electron chi connectivity index (χ0n) is 50.2. The molecule has 0 aliphatic carbocycles. The smallest absolute Gasteiger partial charge is 0.0554 e. The zero-order chi connectivity index (χ0) is 60.9. The summed E-state index contributed by atoms with van der Waals surface area (Å²) in [7, 11) is 0. The Morgan fingerprint density at radius 1 is 0.196 bits per heavy atom. The second-order valence-corrected chi connectivity index (χ2v) is 25.6. The average molecular weight is 1210 g/mol. The Kier molecular flexibility index (Phi) is 14.0. The molecule has 0 aliphatic rings. The van der Waals surface area contributed by atoms with Crippen molar-refractivity contribution in [3.8, 4) is 44.5 Å². The minimum Gasteiger partial charge on any atom is -0.310 e. The molecular formula is C88H58N2S2. The molecule has 0 aliphatic heterocycles. The van der Waals surface area contributed by atoms with Crippen LogP contribution in [0, 0.1) is 0 Å². The Balaban J connectivity index is 0.000000141. The number of fused-ring (bicyclic) bond motifs is 12. The van der Waals surface area contributed by atoms with Crippen molar-refractivity contribution in [2.45, 2.75) is 0 Å². The molecule has 16 aromatic carbocycles. The number of hydrogen-bond acceptors (Lipinski definition) is 4. The van der Waals surface area contributed by atoms with Crippen molar-refractivity contribution in [1.82, 2.24) is 0 Å². The third kappa shape index (κ3) is 10.00. The van der Waals surface area contributed by atoms with Gasteiger partial charge in [-0.25, -0.2) is 0 Å². The summed E-state index contributed by atoms with van der Waals surface area (Å²) < 4.78 is 5.29. The molecule has 0 fully saturated rings. The Hall–Kier alpha value is -11.4. The average Bonchev–Trinajstić information content (AvgIpc) is 1.44. The molecule has 0 spiro atoms. The highest BCUT2D eigenvalue weighted by Gasteiger charge is 2.22. The molecule has 18 rings (SSSR count). The zero-order valence-corrected chi connectivity index (χ0v) is 51.8. The largest absolute Gasteiger partial charge is 0.310 e. The SMILES string of the molecule is c1ccc(-c2ccc(N(c3ccc(-c4ccc5ccccc5c4)cc3)c3cccc4ccc5c6ccccc6sc5c34)cc2)cc1.c1ccc(-c2ccc(N(c3ccc(-c4cccc5ccccc45)cc3)c3cccc4ccc5c6ccccc6sc5c34)cc2)cc1. The second kappa shape index (κ2) is 23.5. The quantitative estimate of drug-likeness (QED) is 0.135. The first-order valence-corrected chi connectivity index (χ1v) is 33.0. The van der Waals surface area contributed by atoms with Gasteiger partial charge in [-0.2, -0.15) is 0 Å². The minimum absolute atomic E-state index is 1.13. The third-order valence-electron chi connectivity index (χ3n) is 18.1. The van der Waals surface area contributed by atoms with Crippen LogP contribution >= 0.6 is 22.7 Å². The van der Waals surface area contributed by atoms with Crippen molar-refractivity contribution in [3.05, 3.63) is 352 Å². The summed E-state index contributed by atoms with van der Waals surface area (Å²) in [6.07, 6.45) is 0. The summed E-state index contributed by atoms with van der Waals surface area (Å²) in [6, 6.07) is 128. The van der Waals surface area contributed by atoms with Crippen molar-refractivity contribution in [1.29, 1.82) is 0 Å². The van der Waals surface area contributed by atoms with E-state index in [2.05, 4.69) is 362 Å². The van der Waals surface area contributed by atoms with Crippen molar-refractivity contribution >= 4 is 140 Å². The van der Waals surface area contributed by atoms with Gasteiger partial charge in [0.05, 0.1) is 11.4 Å². The standard InChI is InChI=1S/2C44H29NS/c1-2-10-30(11-3-1)31-20-25-35(26-21-31)45(36-27-22-33(23-28-36)38-17-8-13-32-12-4-5-15-37(32)38)41-18-9-14-34-24-29-40-39-16-6-7-19-42(39)46-44(40)43(34)41;1-2-9-30(10-3-1)32-19-24-37(25-20-32)45(38-26-21-33(22-27-38)36-18-17-31-11-4-5-12-35(31)29-36)41-15-8-13-34-23-28-40-39-14-6-7-16-42(39)46-44(40)43(34)41/h2*1-29H. The van der Waals surface area contributed by atoms with Crippen LogP contribution in [0.1, 0.15) is 0 Å². The molecule has 0 radical (unpaired) electrons. The van der Waals surface area contributed by atoms with E-state index in [9.17, 15) is 0 Å². The van der Waals surface area contributed by atoms with E-state index in [-0.39, 0.29) is 0 Å². The van der Waals surface area contributed by atoms with E-state index < -0.39 is 0 Å². The Morgan fingerprint density at radius 2 is 0.543 bits per heavy atom. The van der Waals surface area contributed by atoms with Crippen LogP contribution in [-0.4, -0.2) is 0 Å². The van der Waals surface area contributed by atoms with Crippen molar-refractivity contribution in [3.63, 3.8) is 0 Å². The lowest BCUT2D eigenvalue weighted by molar-refractivity contribution is 1.30. The van der Waals surface area contributed by atoms with E-state index in [1.807, 2.05) is 22.7 Å². The number of hydrogen-bond donors (Lipinski definition) is 0. The van der Waals surface area contributed by atoms with E-state index >= 15 is 0 Å². The molecule has 0 saturated heterocycles. The van der Waals surface area contributed by atoms with Crippen LogP contribution in [0.15, 0.2) is 352 Å². The lowest BCUT2D eigenvalue weighted by atomic mass is 9.97. The van der Waals surface area contributed by atoms with Crippen LogP contribution in [0.5, 0.6) is 0 Å². The molecule has 2 aromatic heterocycles. The van der Waals surface area contributed by atoms with Gasteiger partial charge in [0.2, 0.25) is 0 Å². The van der Waals surface area contributed by atoms with E-state index in [0.717, 1.165) is 22.7 Å². The highest BCUT2D eigenvalue weighted by molar-refractivity contribution is 7.27. The highest BCUT2D eigenvalue weighted by Crippen LogP contribution is 2.49. The summed E-state index contributed by atoms with van der Waals surface area (Å²) in [6.45, 7) is 0. The lowest BCUT2D eigenvalue weighted by Gasteiger charge is -2.27. The molecule has 0 atom stereocenters. The fourth-order valence-corrected chi connectivity index (χ4v) is 16.1. The van der Waals surface area contributed by atoms with E-state index in [4.69, 9.17) is 0 Å². The summed E-state index contributed by atoms with van der Waals surface area (Å²) in [5.41, 5.74) is 16.6. The van der Waals surface area contributed by atoms with Gasteiger partial charge in [-0.3, -0.25) is 0 Å². The first kappa shape index (κ1) is 54.7. The first-order chi connectivity index (χ1) is 45.6.